The highest BCUT2D eigenvalue weighted by Crippen LogP contribution is 2.20. The molecule has 1 amide bonds. The van der Waals surface area contributed by atoms with Gasteiger partial charge >= 0.3 is 0 Å². The van der Waals surface area contributed by atoms with Crippen LogP contribution in [0.4, 0.5) is 0 Å². The minimum Gasteiger partial charge on any atom is -0.361 e. The number of hydroxylamine groups is 1. The summed E-state index contributed by atoms with van der Waals surface area (Å²) in [6.07, 6.45) is 3.35. The summed E-state index contributed by atoms with van der Waals surface area (Å²) in [5, 5.41) is 13.4. The van der Waals surface area contributed by atoms with Gasteiger partial charge in [-0.05, 0) is 41.6 Å². The number of aromatic nitrogens is 1. The highest BCUT2D eigenvalue weighted by Gasteiger charge is 2.10. The van der Waals surface area contributed by atoms with E-state index in [1.165, 1.54) is 22.0 Å². The number of amides is 1. The molecule has 0 fully saturated rings. The van der Waals surface area contributed by atoms with Gasteiger partial charge in [0.15, 0.2) is 0 Å². The third kappa shape index (κ3) is 4.50. The van der Waals surface area contributed by atoms with Crippen LogP contribution in [0.5, 0.6) is 0 Å². The van der Waals surface area contributed by atoms with Crippen LogP contribution in [0.3, 0.4) is 0 Å². The molecule has 0 radical (unpaired) electrons. The van der Waals surface area contributed by atoms with E-state index in [0.29, 0.717) is 0 Å². The van der Waals surface area contributed by atoms with Crippen molar-refractivity contribution in [2.24, 2.45) is 0 Å². The van der Waals surface area contributed by atoms with Gasteiger partial charge in [0.2, 0.25) is 5.91 Å². The Morgan fingerprint density at radius 2 is 1.92 bits per heavy atom. The first kappa shape index (κ1) is 18.2. The maximum Gasteiger partial charge on any atom is 0.243 e. The first-order valence-electron chi connectivity index (χ1n) is 8.95. The summed E-state index contributed by atoms with van der Waals surface area (Å²) in [7, 11) is 0. The van der Waals surface area contributed by atoms with E-state index in [9.17, 15) is 4.79 Å². The van der Waals surface area contributed by atoms with Crippen LogP contribution in [-0.4, -0.2) is 22.6 Å². The summed E-state index contributed by atoms with van der Waals surface area (Å²) in [5.41, 5.74) is 6.51. The number of rotatable bonds is 8. The zero-order valence-corrected chi connectivity index (χ0v) is 15.0. The van der Waals surface area contributed by atoms with Crippen molar-refractivity contribution in [1.82, 2.24) is 15.8 Å². The Kier molecular flexibility index (Phi) is 6.04. The molecule has 0 bridgehead atoms. The second kappa shape index (κ2) is 8.65. The number of carbonyl (C=O) groups excluding carboxylic acids is 1. The van der Waals surface area contributed by atoms with Crippen LogP contribution < -0.4 is 10.8 Å². The van der Waals surface area contributed by atoms with Crippen LogP contribution in [0.25, 0.3) is 10.9 Å². The third-order valence-electron chi connectivity index (χ3n) is 4.74. The summed E-state index contributed by atoms with van der Waals surface area (Å²) in [6, 6.07) is 16.6. The second-order valence-corrected chi connectivity index (χ2v) is 6.67. The predicted octanol–water partition coefficient (Wildman–Crippen LogP) is 3.50. The topological polar surface area (TPSA) is 77.2 Å². The van der Waals surface area contributed by atoms with Gasteiger partial charge in [0.1, 0.15) is 0 Å². The summed E-state index contributed by atoms with van der Waals surface area (Å²) in [5.74, 6) is -0.286. The Balaban J connectivity index is 1.47. The lowest BCUT2D eigenvalue weighted by Crippen LogP contribution is -2.20. The average molecular weight is 351 g/mol. The van der Waals surface area contributed by atoms with Gasteiger partial charge in [0.05, 0.1) is 0 Å². The van der Waals surface area contributed by atoms with Gasteiger partial charge in [-0.15, -0.1) is 0 Å². The molecule has 136 valence electrons. The number of nitrogens with one attached hydrogen (secondary N) is 3. The Bertz CT molecular complexity index is 855. The molecule has 0 aliphatic carbocycles. The van der Waals surface area contributed by atoms with Crippen molar-refractivity contribution in [2.75, 3.05) is 6.54 Å². The quantitative estimate of drug-likeness (QED) is 0.285. The molecule has 2 aromatic carbocycles. The molecule has 0 saturated carbocycles. The summed E-state index contributed by atoms with van der Waals surface area (Å²) in [6.45, 7) is 3.70. The molecule has 0 spiro atoms. The predicted molar refractivity (Wildman–Crippen MR) is 103 cm³/mol. The van der Waals surface area contributed by atoms with Crippen molar-refractivity contribution in [1.29, 1.82) is 0 Å². The molecule has 0 aliphatic heterocycles. The molecule has 0 aliphatic rings. The summed E-state index contributed by atoms with van der Waals surface area (Å²) >= 11 is 0. The molecule has 1 unspecified atom stereocenters. The van der Waals surface area contributed by atoms with Crippen molar-refractivity contribution in [3.63, 3.8) is 0 Å². The molecular weight excluding hydrogens is 326 g/mol. The van der Waals surface area contributed by atoms with Gasteiger partial charge in [0, 0.05) is 30.1 Å². The Morgan fingerprint density at radius 1 is 1.15 bits per heavy atom. The molecule has 26 heavy (non-hydrogen) atoms. The highest BCUT2D eigenvalue weighted by atomic mass is 16.5. The van der Waals surface area contributed by atoms with Crippen molar-refractivity contribution >= 4 is 16.8 Å². The largest absolute Gasteiger partial charge is 0.361 e. The molecular formula is C21H25N3O2. The van der Waals surface area contributed by atoms with Crippen molar-refractivity contribution in [3.8, 4) is 0 Å². The fourth-order valence-electron chi connectivity index (χ4n) is 3.20. The molecule has 1 heterocycles. The van der Waals surface area contributed by atoms with E-state index in [0.717, 1.165) is 25.1 Å². The molecule has 0 saturated heterocycles. The van der Waals surface area contributed by atoms with E-state index in [1.54, 1.807) is 5.48 Å². The smallest absolute Gasteiger partial charge is 0.243 e. The lowest BCUT2D eigenvalue weighted by atomic mass is 9.96. The number of hydrogen-bond donors (Lipinski definition) is 4. The molecule has 4 N–H and O–H groups in total. The monoisotopic (exact) mass is 351 g/mol. The van der Waals surface area contributed by atoms with Crippen LogP contribution in [0.2, 0.25) is 0 Å². The SMILES string of the molecule is CC(CC(=O)NO)c1ccc(CNCCc2c[nH]c3ccccc23)cc1. The van der Waals surface area contributed by atoms with Crippen LogP contribution >= 0.6 is 0 Å². The first-order chi connectivity index (χ1) is 12.7. The van der Waals surface area contributed by atoms with Crippen molar-refractivity contribution in [3.05, 3.63) is 71.4 Å². The molecule has 1 atom stereocenters. The third-order valence-corrected chi connectivity index (χ3v) is 4.74. The first-order valence-corrected chi connectivity index (χ1v) is 8.95. The van der Waals surface area contributed by atoms with E-state index < -0.39 is 0 Å². The highest BCUT2D eigenvalue weighted by molar-refractivity contribution is 5.83. The Hall–Kier alpha value is -2.63. The standard InChI is InChI=1S/C21H25N3O2/c1-15(12-21(25)24-26)17-8-6-16(7-9-17)13-22-11-10-18-14-23-20-5-3-2-4-19(18)20/h2-9,14-15,22-23,26H,10-13H2,1H3,(H,24,25). The molecule has 5 heteroatoms. The molecule has 3 aromatic rings. The van der Waals surface area contributed by atoms with Gasteiger partial charge < -0.3 is 10.3 Å². The lowest BCUT2D eigenvalue weighted by Gasteiger charge is -2.11. The average Bonchev–Trinajstić information content (AvgIpc) is 3.08. The fourth-order valence-corrected chi connectivity index (χ4v) is 3.20. The van der Waals surface area contributed by atoms with Crippen LogP contribution in [0.1, 0.15) is 36.0 Å². The number of aromatic amines is 1. The van der Waals surface area contributed by atoms with Gasteiger partial charge in [0.25, 0.3) is 0 Å². The number of carbonyl (C=O) groups is 1. The van der Waals surface area contributed by atoms with Gasteiger partial charge in [-0.3, -0.25) is 10.0 Å². The van der Waals surface area contributed by atoms with E-state index in [2.05, 4.69) is 46.8 Å². The zero-order chi connectivity index (χ0) is 18.4. The van der Waals surface area contributed by atoms with Crippen LogP contribution in [0, 0.1) is 0 Å². The number of benzene rings is 2. The zero-order valence-electron chi connectivity index (χ0n) is 15.0. The maximum atomic E-state index is 11.2. The molecule has 3 rings (SSSR count). The van der Waals surface area contributed by atoms with Crippen LogP contribution in [-0.2, 0) is 17.8 Å². The van der Waals surface area contributed by atoms with Crippen molar-refractivity contribution in [2.45, 2.75) is 32.2 Å². The molecule has 5 nitrogen and oxygen atoms in total. The van der Waals surface area contributed by atoms with E-state index >= 15 is 0 Å². The van der Waals surface area contributed by atoms with Gasteiger partial charge in [-0.1, -0.05) is 49.4 Å². The van der Waals surface area contributed by atoms with Crippen LogP contribution in [0.15, 0.2) is 54.7 Å². The summed E-state index contributed by atoms with van der Waals surface area (Å²) < 4.78 is 0. The minimum atomic E-state index is -0.361. The van der Waals surface area contributed by atoms with E-state index in [1.807, 2.05) is 25.1 Å². The lowest BCUT2D eigenvalue weighted by molar-refractivity contribution is -0.129. The summed E-state index contributed by atoms with van der Waals surface area (Å²) in [4.78, 5) is 14.6. The Labute approximate surface area is 153 Å². The Morgan fingerprint density at radius 3 is 2.69 bits per heavy atom. The second-order valence-electron chi connectivity index (χ2n) is 6.67. The minimum absolute atomic E-state index is 0.0750. The van der Waals surface area contributed by atoms with Gasteiger partial charge in [-0.2, -0.15) is 0 Å². The molecule has 1 aromatic heterocycles. The number of fused-ring (bicyclic) bond motifs is 1. The van der Waals surface area contributed by atoms with E-state index in [4.69, 9.17) is 5.21 Å². The number of H-pyrrole nitrogens is 1. The van der Waals surface area contributed by atoms with Crippen molar-refractivity contribution < 1.29 is 10.0 Å². The number of hydrogen-bond acceptors (Lipinski definition) is 3. The van der Waals surface area contributed by atoms with Gasteiger partial charge in [-0.25, -0.2) is 5.48 Å². The number of para-hydroxylation sites is 1. The maximum absolute atomic E-state index is 11.2. The fraction of sp³-hybridized carbons (Fsp3) is 0.286. The normalized spacial score (nSPS) is 12.2. The van der Waals surface area contributed by atoms with E-state index in [-0.39, 0.29) is 18.2 Å².